The Morgan fingerprint density at radius 1 is 1.21 bits per heavy atom. The molecule has 1 spiro atoms. The van der Waals surface area contributed by atoms with Gasteiger partial charge in [-0.3, -0.25) is 4.90 Å². The summed E-state index contributed by atoms with van der Waals surface area (Å²) >= 11 is 0. The normalized spacial score (nSPS) is 23.0. The Bertz CT molecular complexity index is 220. The summed E-state index contributed by atoms with van der Waals surface area (Å²) in [5.41, 5.74) is 5.73. The van der Waals surface area contributed by atoms with E-state index in [0.29, 0.717) is 5.54 Å². The van der Waals surface area contributed by atoms with Crippen LogP contribution < -0.4 is 5.73 Å². The number of rotatable bonds is 1. The van der Waals surface area contributed by atoms with Gasteiger partial charge in [-0.25, -0.2) is 0 Å². The highest BCUT2D eigenvalue weighted by atomic mass is 15.2. The van der Waals surface area contributed by atoms with E-state index in [1.54, 1.807) is 0 Å². The molecule has 80 valence electrons. The molecule has 0 atom stereocenters. The average Bonchev–Trinajstić information content (AvgIpc) is 2.61. The Balaban J connectivity index is 0.000000461. The van der Waals surface area contributed by atoms with Crippen LogP contribution in [0.3, 0.4) is 0 Å². The summed E-state index contributed by atoms with van der Waals surface area (Å²) in [6, 6.07) is 2.49. The van der Waals surface area contributed by atoms with Crippen molar-refractivity contribution < 1.29 is 0 Å². The molecule has 1 aliphatic heterocycles. The maximum absolute atomic E-state index is 5.17. The Hall–Kier alpha value is -0.680. The van der Waals surface area contributed by atoms with Gasteiger partial charge >= 0.3 is 0 Å². The number of nitrogens with zero attached hydrogens (tertiary/aromatic N) is 1. The van der Waals surface area contributed by atoms with E-state index in [9.17, 15) is 0 Å². The molecule has 1 aliphatic carbocycles. The maximum atomic E-state index is 5.17. The summed E-state index contributed by atoms with van der Waals surface area (Å²) in [4.78, 5) is 2.52. The summed E-state index contributed by atoms with van der Waals surface area (Å²) in [7, 11) is 0. The first-order valence-electron chi connectivity index (χ1n) is 5.81. The van der Waals surface area contributed by atoms with Crippen LogP contribution in [0.25, 0.3) is 0 Å². The topological polar surface area (TPSA) is 29.3 Å². The van der Waals surface area contributed by atoms with E-state index in [2.05, 4.69) is 16.9 Å². The van der Waals surface area contributed by atoms with Crippen LogP contribution in [-0.2, 0) is 0 Å². The second kappa shape index (κ2) is 5.26. The molecule has 2 fully saturated rings. The molecule has 0 amide bonds. The van der Waals surface area contributed by atoms with Crippen molar-refractivity contribution in [3.8, 4) is 12.0 Å². The van der Waals surface area contributed by atoms with Gasteiger partial charge < -0.3 is 5.73 Å². The van der Waals surface area contributed by atoms with Gasteiger partial charge in [-0.2, -0.15) is 0 Å². The molecular formula is C12H22N2. The third-order valence-corrected chi connectivity index (χ3v) is 3.40. The van der Waals surface area contributed by atoms with Gasteiger partial charge in [0.15, 0.2) is 0 Å². The van der Waals surface area contributed by atoms with Crippen molar-refractivity contribution >= 4 is 0 Å². The van der Waals surface area contributed by atoms with E-state index < -0.39 is 0 Å². The Labute approximate surface area is 87.8 Å². The molecule has 0 aromatic rings. The number of nitrogens with two attached hydrogens (primary N) is 1. The second-order valence-electron chi connectivity index (χ2n) is 3.92. The minimum atomic E-state index is 0.559. The largest absolute Gasteiger partial charge is 0.359 e. The molecule has 2 nitrogen and oxygen atoms in total. The van der Waals surface area contributed by atoms with E-state index in [-0.39, 0.29) is 0 Å². The van der Waals surface area contributed by atoms with Crippen molar-refractivity contribution in [2.24, 2.45) is 5.73 Å². The Morgan fingerprint density at radius 3 is 2.36 bits per heavy atom. The molecule has 1 saturated carbocycles. The monoisotopic (exact) mass is 194 g/mol. The van der Waals surface area contributed by atoms with Gasteiger partial charge in [0, 0.05) is 11.6 Å². The van der Waals surface area contributed by atoms with Gasteiger partial charge in [0.25, 0.3) is 0 Å². The van der Waals surface area contributed by atoms with Crippen molar-refractivity contribution in [2.45, 2.75) is 51.5 Å². The third kappa shape index (κ3) is 2.04. The Kier molecular flexibility index (Phi) is 4.28. The predicted octanol–water partition coefficient (Wildman–Crippen LogP) is 1.95. The van der Waals surface area contributed by atoms with E-state index in [0.717, 1.165) is 6.54 Å². The number of hydrogen-bond donors (Lipinski definition) is 1. The van der Waals surface area contributed by atoms with Crippen molar-refractivity contribution in [2.75, 3.05) is 13.1 Å². The fraction of sp³-hybridized carbons (Fsp3) is 0.833. The molecule has 14 heavy (non-hydrogen) atoms. The minimum Gasteiger partial charge on any atom is -0.359 e. The molecule has 2 N–H and O–H groups in total. The third-order valence-electron chi connectivity index (χ3n) is 3.40. The van der Waals surface area contributed by atoms with Gasteiger partial charge in [-0.15, -0.1) is 0 Å². The smallest absolute Gasteiger partial charge is 0.0624 e. The number of likely N-dealkylation sites (tertiary alicyclic amines) is 1. The van der Waals surface area contributed by atoms with Crippen LogP contribution in [0, 0.1) is 12.0 Å². The molecule has 2 aliphatic rings. The van der Waals surface area contributed by atoms with Crippen LogP contribution in [0.2, 0.25) is 0 Å². The minimum absolute atomic E-state index is 0.559. The zero-order valence-corrected chi connectivity index (χ0v) is 9.47. The van der Waals surface area contributed by atoms with Crippen LogP contribution in [-0.4, -0.2) is 23.5 Å². The SMILES string of the molecule is CC.NC#CCN1CCCC12CCC2. The average molecular weight is 194 g/mol. The van der Waals surface area contributed by atoms with E-state index in [1.807, 2.05) is 13.8 Å². The van der Waals surface area contributed by atoms with Crippen molar-refractivity contribution in [3.63, 3.8) is 0 Å². The molecule has 0 unspecified atom stereocenters. The highest BCUT2D eigenvalue weighted by Crippen LogP contribution is 2.44. The lowest BCUT2D eigenvalue weighted by Crippen LogP contribution is -2.49. The molecule has 0 bridgehead atoms. The zero-order valence-electron chi connectivity index (χ0n) is 9.47. The molecule has 1 heterocycles. The van der Waals surface area contributed by atoms with E-state index in [4.69, 9.17) is 5.73 Å². The van der Waals surface area contributed by atoms with Crippen molar-refractivity contribution in [3.05, 3.63) is 0 Å². The lowest BCUT2D eigenvalue weighted by atomic mass is 9.75. The predicted molar refractivity (Wildman–Crippen MR) is 60.7 cm³/mol. The molecule has 1 saturated heterocycles. The summed E-state index contributed by atoms with van der Waals surface area (Å²) in [6.45, 7) is 6.12. The first kappa shape index (κ1) is 11.4. The second-order valence-corrected chi connectivity index (χ2v) is 3.92. The first-order chi connectivity index (χ1) is 6.87. The van der Waals surface area contributed by atoms with Crippen LogP contribution in [0.4, 0.5) is 0 Å². The highest BCUT2D eigenvalue weighted by Gasteiger charge is 2.44. The standard InChI is InChI=1S/C10H16N2.C2H6/c11-7-3-9-12-8-2-6-10(12)4-1-5-10;1-2/h1-2,4-6,8-9,11H2;1-2H3. The molecule has 0 aromatic carbocycles. The van der Waals surface area contributed by atoms with Crippen LogP contribution in [0.5, 0.6) is 0 Å². The fourth-order valence-corrected chi connectivity index (χ4v) is 2.53. The van der Waals surface area contributed by atoms with Crippen LogP contribution in [0.1, 0.15) is 46.0 Å². The molecule has 0 aromatic heterocycles. The summed E-state index contributed by atoms with van der Waals surface area (Å²) in [6.07, 6.45) is 6.93. The summed E-state index contributed by atoms with van der Waals surface area (Å²) in [5, 5.41) is 0. The number of hydrogen-bond acceptors (Lipinski definition) is 2. The fourth-order valence-electron chi connectivity index (χ4n) is 2.53. The maximum Gasteiger partial charge on any atom is 0.0624 e. The molecule has 2 heteroatoms. The van der Waals surface area contributed by atoms with E-state index in [1.165, 1.54) is 38.6 Å². The van der Waals surface area contributed by atoms with Gasteiger partial charge in [0.1, 0.15) is 0 Å². The molecular weight excluding hydrogens is 172 g/mol. The molecule has 0 radical (unpaired) electrons. The summed E-state index contributed by atoms with van der Waals surface area (Å²) < 4.78 is 0. The highest BCUT2D eigenvalue weighted by molar-refractivity contribution is 5.07. The van der Waals surface area contributed by atoms with Crippen LogP contribution in [0.15, 0.2) is 0 Å². The quantitative estimate of drug-likeness (QED) is 0.510. The van der Waals surface area contributed by atoms with E-state index >= 15 is 0 Å². The lowest BCUT2D eigenvalue weighted by Gasteiger charge is -2.45. The van der Waals surface area contributed by atoms with Gasteiger partial charge in [0.2, 0.25) is 0 Å². The lowest BCUT2D eigenvalue weighted by molar-refractivity contribution is 0.0684. The summed E-state index contributed by atoms with van der Waals surface area (Å²) in [5.74, 6) is 2.97. The van der Waals surface area contributed by atoms with Crippen molar-refractivity contribution in [1.82, 2.24) is 4.90 Å². The van der Waals surface area contributed by atoms with Crippen molar-refractivity contribution in [1.29, 1.82) is 0 Å². The van der Waals surface area contributed by atoms with Gasteiger partial charge in [0.05, 0.1) is 6.54 Å². The van der Waals surface area contributed by atoms with Gasteiger partial charge in [-0.05, 0) is 38.6 Å². The van der Waals surface area contributed by atoms with Crippen LogP contribution >= 0.6 is 0 Å². The molecule has 2 rings (SSSR count). The zero-order chi connectivity index (χ0) is 10.4. The first-order valence-corrected chi connectivity index (χ1v) is 5.81. The Morgan fingerprint density at radius 2 is 1.86 bits per heavy atom. The van der Waals surface area contributed by atoms with Gasteiger partial charge in [-0.1, -0.05) is 19.8 Å².